The molecule has 7 nitrogen and oxygen atoms in total. The number of nitrogens with one attached hydrogen (secondary N) is 1. The molecule has 0 spiro atoms. The molecule has 9 heteroatoms. The number of carbonyl (C=O) groups excluding carboxylic acids is 1. The normalized spacial score (nSPS) is 21.1. The number of esters is 1. The molecule has 1 aromatic carbocycles. The lowest BCUT2D eigenvalue weighted by molar-refractivity contribution is -0.145. The van der Waals surface area contributed by atoms with Gasteiger partial charge in [-0.3, -0.25) is 4.79 Å². The summed E-state index contributed by atoms with van der Waals surface area (Å²) in [7, 11) is 1.43. The van der Waals surface area contributed by atoms with Crippen LogP contribution >= 0.6 is 35.6 Å². The zero-order chi connectivity index (χ0) is 19.4. The first-order valence-electron chi connectivity index (χ1n) is 9.22. The van der Waals surface area contributed by atoms with E-state index in [1.807, 2.05) is 19.1 Å². The van der Waals surface area contributed by atoms with Gasteiger partial charge in [-0.05, 0) is 30.5 Å². The van der Waals surface area contributed by atoms with Gasteiger partial charge in [0.25, 0.3) is 0 Å². The molecule has 0 aliphatic carbocycles. The molecule has 0 saturated carbocycles. The van der Waals surface area contributed by atoms with Gasteiger partial charge in [-0.25, -0.2) is 4.99 Å². The van der Waals surface area contributed by atoms with Crippen molar-refractivity contribution in [2.75, 3.05) is 40.0 Å². The summed E-state index contributed by atoms with van der Waals surface area (Å²) in [5, 5.41) is 3.84. The highest BCUT2D eigenvalue weighted by Gasteiger charge is 2.36. The van der Waals surface area contributed by atoms with Crippen LogP contribution in [0.15, 0.2) is 17.1 Å². The highest BCUT2D eigenvalue weighted by atomic mass is 127. The molecule has 1 N–H and O–H groups in total. The zero-order valence-corrected chi connectivity index (χ0v) is 19.5. The van der Waals surface area contributed by atoms with E-state index in [2.05, 4.69) is 17.1 Å². The van der Waals surface area contributed by atoms with Crippen LogP contribution in [0.5, 0.6) is 11.5 Å². The number of rotatable bonds is 4. The lowest BCUT2D eigenvalue weighted by Gasteiger charge is -2.22. The smallest absolute Gasteiger partial charge is 0.310 e. The summed E-state index contributed by atoms with van der Waals surface area (Å²) in [6, 6.07) is 3.77. The third-order valence-corrected chi connectivity index (χ3v) is 5.10. The molecular formula is C19H27ClIN3O4. The fourth-order valence-corrected chi connectivity index (χ4v) is 3.73. The summed E-state index contributed by atoms with van der Waals surface area (Å²) in [6.45, 7) is 7.65. The number of carbonyl (C=O) groups is 1. The number of nitrogens with zero attached hydrogens (tertiary/aromatic N) is 2. The van der Waals surface area contributed by atoms with Crippen LogP contribution in [-0.2, 0) is 16.1 Å². The topological polar surface area (TPSA) is 72.4 Å². The molecular weight excluding hydrogens is 497 g/mol. The lowest BCUT2D eigenvalue weighted by atomic mass is 9.99. The number of ether oxygens (including phenoxy) is 3. The molecule has 28 heavy (non-hydrogen) atoms. The van der Waals surface area contributed by atoms with E-state index < -0.39 is 0 Å². The summed E-state index contributed by atoms with van der Waals surface area (Å²) in [4.78, 5) is 18.8. The Bertz CT molecular complexity index is 731. The van der Waals surface area contributed by atoms with Crippen molar-refractivity contribution in [3.05, 3.63) is 22.7 Å². The van der Waals surface area contributed by atoms with Gasteiger partial charge in [0.1, 0.15) is 13.2 Å². The Kier molecular flexibility index (Phi) is 8.48. The van der Waals surface area contributed by atoms with Crippen molar-refractivity contribution in [3.63, 3.8) is 0 Å². The van der Waals surface area contributed by atoms with Crippen LogP contribution in [-0.4, -0.2) is 56.8 Å². The first-order valence-corrected chi connectivity index (χ1v) is 9.60. The Balaban J connectivity index is 0.00000280. The summed E-state index contributed by atoms with van der Waals surface area (Å²) < 4.78 is 16.1. The maximum absolute atomic E-state index is 12.0. The molecule has 2 heterocycles. The Hall–Kier alpha value is -1.42. The van der Waals surface area contributed by atoms with E-state index in [1.165, 1.54) is 7.11 Å². The fraction of sp³-hybridized carbons (Fsp3) is 0.579. The largest absolute Gasteiger partial charge is 0.486 e. The molecule has 0 amide bonds. The van der Waals surface area contributed by atoms with Crippen molar-refractivity contribution in [1.82, 2.24) is 10.2 Å². The summed E-state index contributed by atoms with van der Waals surface area (Å²) in [5.41, 5.74) is 0.941. The van der Waals surface area contributed by atoms with Gasteiger partial charge in [-0.2, -0.15) is 0 Å². The third-order valence-electron chi connectivity index (χ3n) is 4.82. The van der Waals surface area contributed by atoms with E-state index in [0.717, 1.165) is 24.6 Å². The second-order valence-electron chi connectivity index (χ2n) is 6.78. The molecule has 2 aliphatic rings. The SMILES string of the molecule is CCNC(=NCc1cc(Cl)c2c(c1)OCCO2)N1CC(C)C(C(=O)OC)C1.I. The number of halogens is 2. The zero-order valence-electron chi connectivity index (χ0n) is 16.4. The van der Waals surface area contributed by atoms with Gasteiger partial charge in [0.2, 0.25) is 0 Å². The highest BCUT2D eigenvalue weighted by molar-refractivity contribution is 14.0. The van der Waals surface area contributed by atoms with Crippen LogP contribution in [0.25, 0.3) is 0 Å². The molecule has 2 unspecified atom stereocenters. The molecule has 1 fully saturated rings. The summed E-state index contributed by atoms with van der Waals surface area (Å²) in [6.07, 6.45) is 0. The fourth-order valence-electron chi connectivity index (χ4n) is 3.45. The van der Waals surface area contributed by atoms with Crippen molar-refractivity contribution in [2.24, 2.45) is 16.8 Å². The van der Waals surface area contributed by atoms with Gasteiger partial charge >= 0.3 is 5.97 Å². The number of likely N-dealkylation sites (tertiary alicyclic amines) is 1. The van der Waals surface area contributed by atoms with Gasteiger partial charge in [0.05, 0.1) is 24.6 Å². The van der Waals surface area contributed by atoms with Gasteiger partial charge in [0.15, 0.2) is 17.5 Å². The van der Waals surface area contributed by atoms with Crippen molar-refractivity contribution in [1.29, 1.82) is 0 Å². The van der Waals surface area contributed by atoms with Crippen LogP contribution < -0.4 is 14.8 Å². The Morgan fingerprint density at radius 2 is 2.11 bits per heavy atom. The molecule has 1 aromatic rings. The van der Waals surface area contributed by atoms with E-state index >= 15 is 0 Å². The summed E-state index contributed by atoms with van der Waals surface area (Å²) in [5.74, 6) is 1.94. The number of fused-ring (bicyclic) bond motifs is 1. The van der Waals surface area contributed by atoms with Crippen LogP contribution in [0.2, 0.25) is 5.02 Å². The van der Waals surface area contributed by atoms with E-state index in [0.29, 0.717) is 42.8 Å². The first kappa shape index (κ1) is 22.9. The Morgan fingerprint density at radius 1 is 1.36 bits per heavy atom. The molecule has 3 rings (SSSR count). The summed E-state index contributed by atoms with van der Waals surface area (Å²) >= 11 is 6.31. The quantitative estimate of drug-likeness (QED) is 0.283. The molecule has 0 aromatic heterocycles. The second kappa shape index (κ2) is 10.4. The van der Waals surface area contributed by atoms with Gasteiger partial charge in [-0.15, -0.1) is 24.0 Å². The van der Waals surface area contributed by atoms with Crippen LogP contribution in [0.1, 0.15) is 19.4 Å². The number of benzene rings is 1. The number of methoxy groups -OCH3 is 1. The highest BCUT2D eigenvalue weighted by Crippen LogP contribution is 2.38. The van der Waals surface area contributed by atoms with Gasteiger partial charge in [-0.1, -0.05) is 18.5 Å². The second-order valence-corrected chi connectivity index (χ2v) is 7.19. The average molecular weight is 524 g/mol. The van der Waals surface area contributed by atoms with Crippen molar-refractivity contribution < 1.29 is 19.0 Å². The average Bonchev–Trinajstić information content (AvgIpc) is 3.06. The molecule has 0 radical (unpaired) electrons. The number of hydrogen-bond donors (Lipinski definition) is 1. The van der Waals surface area contributed by atoms with Gasteiger partial charge in [0, 0.05) is 19.6 Å². The number of aliphatic imine (C=N–C) groups is 1. The Labute approximate surface area is 187 Å². The third kappa shape index (κ3) is 5.14. The van der Waals surface area contributed by atoms with Crippen molar-refractivity contribution >= 4 is 47.5 Å². The van der Waals surface area contributed by atoms with E-state index in [-0.39, 0.29) is 41.8 Å². The van der Waals surface area contributed by atoms with Crippen LogP contribution in [0.4, 0.5) is 0 Å². The Morgan fingerprint density at radius 3 is 2.82 bits per heavy atom. The number of hydrogen-bond acceptors (Lipinski definition) is 5. The standard InChI is InChI=1S/C19H26ClN3O4.HI/c1-4-21-19(23-10-12(2)14(11-23)18(24)25-3)22-9-13-7-15(20)17-16(8-13)26-5-6-27-17;/h7-8,12,14H,4-6,9-11H2,1-3H3,(H,21,22);1H. The minimum absolute atomic E-state index is 0. The van der Waals surface area contributed by atoms with Crippen LogP contribution in [0, 0.1) is 11.8 Å². The van der Waals surface area contributed by atoms with E-state index in [9.17, 15) is 4.79 Å². The predicted molar refractivity (Wildman–Crippen MR) is 119 cm³/mol. The molecule has 2 aliphatic heterocycles. The van der Waals surface area contributed by atoms with E-state index in [1.54, 1.807) is 0 Å². The number of guanidine groups is 1. The monoisotopic (exact) mass is 523 g/mol. The van der Waals surface area contributed by atoms with Crippen molar-refractivity contribution in [3.8, 4) is 11.5 Å². The first-order chi connectivity index (χ1) is 13.0. The van der Waals surface area contributed by atoms with Crippen LogP contribution in [0.3, 0.4) is 0 Å². The maximum Gasteiger partial charge on any atom is 0.310 e. The van der Waals surface area contributed by atoms with E-state index in [4.69, 9.17) is 30.8 Å². The lowest BCUT2D eigenvalue weighted by Crippen LogP contribution is -2.40. The maximum atomic E-state index is 12.0. The molecule has 0 bridgehead atoms. The van der Waals surface area contributed by atoms with Gasteiger partial charge < -0.3 is 24.4 Å². The molecule has 1 saturated heterocycles. The van der Waals surface area contributed by atoms with Crippen molar-refractivity contribution in [2.45, 2.75) is 20.4 Å². The molecule has 2 atom stereocenters. The minimum Gasteiger partial charge on any atom is -0.486 e. The molecule has 156 valence electrons. The minimum atomic E-state index is -0.167. The predicted octanol–water partition coefficient (Wildman–Crippen LogP) is 2.94.